The van der Waals surface area contributed by atoms with Gasteiger partial charge in [-0.2, -0.15) is 14.5 Å². The minimum absolute atomic E-state index is 0.0811. The maximum atomic E-state index is 14.1. The molecule has 1 N–H and O–H groups in total. The number of anilines is 2. The van der Waals surface area contributed by atoms with Crippen molar-refractivity contribution in [2.75, 3.05) is 30.4 Å². The minimum atomic E-state index is -1.05. The molecular formula is C23H27F2N7O2. The molecule has 180 valence electrons. The maximum Gasteiger partial charge on any atom is 0.322 e. The molecule has 2 aromatic heterocycles. The van der Waals surface area contributed by atoms with Gasteiger partial charge in [0.2, 0.25) is 17.6 Å². The monoisotopic (exact) mass is 471 g/mol. The highest BCUT2D eigenvalue weighted by molar-refractivity contribution is 5.48. The molecular weight excluding hydrogens is 444 g/mol. The van der Waals surface area contributed by atoms with Crippen LogP contribution in [0.15, 0.2) is 30.5 Å². The standard InChI is InChI=1S/C23H27F2N7O2/c1-13(2)32-23(34-18-6-4-5-17(24)20(18)25)28-22(30-32)27-21-14-7-8-15(21)12-31(11-14)16-9-19(33-3)29-26-10-16/h4-6,9-10,13-15,21H,7-8,11-12H2,1-3H3,(H,27,30)/t14-,15+,21+. The number of rotatable bonds is 7. The Kier molecular flexibility index (Phi) is 5.93. The Morgan fingerprint density at radius 2 is 1.91 bits per heavy atom. The molecule has 0 unspecified atom stereocenters. The molecule has 0 spiro atoms. The SMILES string of the molecule is COc1cc(N2C[C@H]3CC[C@@H](C2)[C@H]3Nc2nc(Oc3cccc(F)c3F)n(C(C)C)n2)cnn1. The van der Waals surface area contributed by atoms with Crippen LogP contribution < -0.4 is 19.7 Å². The van der Waals surface area contributed by atoms with Crippen molar-refractivity contribution in [3.05, 3.63) is 42.1 Å². The van der Waals surface area contributed by atoms with E-state index >= 15 is 0 Å². The lowest BCUT2D eigenvalue weighted by Gasteiger charge is -2.39. The number of aromatic nitrogens is 5. The molecule has 2 bridgehead atoms. The van der Waals surface area contributed by atoms with Gasteiger partial charge in [-0.05, 0) is 50.7 Å². The number of halogens is 2. The third-order valence-electron chi connectivity index (χ3n) is 6.53. The zero-order chi connectivity index (χ0) is 23.8. The number of nitrogens with zero attached hydrogens (tertiary/aromatic N) is 6. The fourth-order valence-corrected chi connectivity index (χ4v) is 4.87. The van der Waals surface area contributed by atoms with E-state index in [0.717, 1.165) is 37.7 Å². The zero-order valence-corrected chi connectivity index (χ0v) is 19.3. The summed E-state index contributed by atoms with van der Waals surface area (Å²) in [7, 11) is 1.58. The average molecular weight is 472 g/mol. The molecule has 0 radical (unpaired) electrons. The second-order valence-corrected chi connectivity index (χ2v) is 9.04. The lowest BCUT2D eigenvalue weighted by Crippen LogP contribution is -2.48. The van der Waals surface area contributed by atoms with Crippen LogP contribution in [0.4, 0.5) is 20.4 Å². The molecule has 2 aliphatic rings. The van der Waals surface area contributed by atoms with Gasteiger partial charge in [0, 0.05) is 25.2 Å². The number of nitrogens with one attached hydrogen (secondary N) is 1. The summed E-state index contributed by atoms with van der Waals surface area (Å²) in [6, 6.07) is 5.94. The van der Waals surface area contributed by atoms with E-state index in [1.807, 2.05) is 19.9 Å². The van der Waals surface area contributed by atoms with Crippen LogP contribution in [0, 0.1) is 23.5 Å². The summed E-state index contributed by atoms with van der Waals surface area (Å²) in [6.45, 7) is 5.58. The Bertz CT molecular complexity index is 1160. The van der Waals surface area contributed by atoms with Crippen LogP contribution in [0.3, 0.4) is 0 Å². The Hall–Kier alpha value is -3.50. The first-order valence-corrected chi connectivity index (χ1v) is 11.4. The summed E-state index contributed by atoms with van der Waals surface area (Å²) in [5.74, 6) is -0.544. The molecule has 1 saturated carbocycles. The topological polar surface area (TPSA) is 90.2 Å². The summed E-state index contributed by atoms with van der Waals surface area (Å²) in [6.07, 6.45) is 3.95. The van der Waals surface area contributed by atoms with Gasteiger partial charge in [0.05, 0.1) is 25.0 Å². The van der Waals surface area contributed by atoms with Gasteiger partial charge >= 0.3 is 6.01 Å². The summed E-state index contributed by atoms with van der Waals surface area (Å²) >= 11 is 0. The maximum absolute atomic E-state index is 14.1. The van der Waals surface area contributed by atoms with Crippen LogP contribution in [0.2, 0.25) is 0 Å². The van der Waals surface area contributed by atoms with Crippen molar-refractivity contribution in [1.82, 2.24) is 25.0 Å². The van der Waals surface area contributed by atoms with E-state index in [-0.39, 0.29) is 23.8 Å². The second kappa shape index (κ2) is 9.03. The molecule has 34 heavy (non-hydrogen) atoms. The average Bonchev–Trinajstić information content (AvgIpc) is 3.32. The predicted molar refractivity (Wildman–Crippen MR) is 121 cm³/mol. The Morgan fingerprint density at radius 3 is 2.62 bits per heavy atom. The zero-order valence-electron chi connectivity index (χ0n) is 19.3. The van der Waals surface area contributed by atoms with E-state index in [9.17, 15) is 8.78 Å². The largest absolute Gasteiger partial charge is 0.480 e. The summed E-state index contributed by atoms with van der Waals surface area (Å²) in [5.41, 5.74) is 0.997. The van der Waals surface area contributed by atoms with Crippen molar-refractivity contribution < 1.29 is 18.3 Å². The molecule has 1 aromatic carbocycles. The third kappa shape index (κ3) is 4.22. The summed E-state index contributed by atoms with van der Waals surface area (Å²) in [5, 5.41) is 16.0. The van der Waals surface area contributed by atoms with Crippen LogP contribution in [-0.4, -0.2) is 51.2 Å². The van der Waals surface area contributed by atoms with Crippen LogP contribution in [-0.2, 0) is 0 Å². The Labute approximate surface area is 196 Å². The van der Waals surface area contributed by atoms with Gasteiger partial charge in [-0.3, -0.25) is 0 Å². The minimum Gasteiger partial charge on any atom is -0.480 e. The van der Waals surface area contributed by atoms with Crippen LogP contribution in [0.5, 0.6) is 17.6 Å². The highest BCUT2D eigenvalue weighted by Crippen LogP contribution is 2.40. The van der Waals surface area contributed by atoms with Gasteiger partial charge < -0.3 is 19.7 Å². The second-order valence-electron chi connectivity index (χ2n) is 9.04. The van der Waals surface area contributed by atoms with Crippen LogP contribution in [0.1, 0.15) is 32.7 Å². The first-order chi connectivity index (χ1) is 16.4. The van der Waals surface area contributed by atoms with Crippen molar-refractivity contribution in [1.29, 1.82) is 0 Å². The van der Waals surface area contributed by atoms with Crippen molar-refractivity contribution >= 4 is 11.6 Å². The fourth-order valence-electron chi connectivity index (χ4n) is 4.87. The first kappa shape index (κ1) is 22.3. The van der Waals surface area contributed by atoms with E-state index in [1.54, 1.807) is 18.0 Å². The summed E-state index contributed by atoms with van der Waals surface area (Å²) < 4.78 is 40.2. The van der Waals surface area contributed by atoms with Crippen molar-refractivity contribution in [3.63, 3.8) is 0 Å². The number of benzene rings is 1. The van der Waals surface area contributed by atoms with Crippen molar-refractivity contribution in [2.24, 2.45) is 11.8 Å². The molecule has 9 nitrogen and oxygen atoms in total. The van der Waals surface area contributed by atoms with Gasteiger partial charge in [0.1, 0.15) is 0 Å². The van der Waals surface area contributed by atoms with Crippen LogP contribution >= 0.6 is 0 Å². The van der Waals surface area contributed by atoms with Gasteiger partial charge in [-0.15, -0.1) is 10.2 Å². The molecule has 2 fully saturated rings. The molecule has 1 aliphatic carbocycles. The van der Waals surface area contributed by atoms with E-state index in [0.29, 0.717) is 23.7 Å². The Morgan fingerprint density at radius 1 is 1.15 bits per heavy atom. The number of hydrogen-bond acceptors (Lipinski definition) is 8. The number of hydrogen-bond donors (Lipinski definition) is 1. The fraction of sp³-hybridized carbons (Fsp3) is 0.478. The van der Waals surface area contributed by atoms with Gasteiger partial charge in [-0.1, -0.05) is 6.07 Å². The number of piperidine rings is 1. The normalized spacial score (nSPS) is 21.7. The number of fused-ring (bicyclic) bond motifs is 2. The van der Waals surface area contributed by atoms with Gasteiger partial charge in [-0.25, -0.2) is 9.07 Å². The molecule has 11 heteroatoms. The third-order valence-corrected chi connectivity index (χ3v) is 6.53. The predicted octanol–water partition coefficient (Wildman–Crippen LogP) is 4.06. The molecule has 3 aromatic rings. The number of methoxy groups -OCH3 is 1. The van der Waals surface area contributed by atoms with Crippen molar-refractivity contribution in [3.8, 4) is 17.6 Å². The molecule has 1 aliphatic heterocycles. The van der Waals surface area contributed by atoms with Gasteiger partial charge in [0.25, 0.3) is 0 Å². The molecule has 0 amide bonds. The van der Waals surface area contributed by atoms with E-state index < -0.39 is 11.6 Å². The Balaban J connectivity index is 1.33. The highest BCUT2D eigenvalue weighted by Gasteiger charge is 2.43. The molecule has 5 rings (SSSR count). The van der Waals surface area contributed by atoms with Gasteiger partial charge in [0.15, 0.2) is 11.6 Å². The van der Waals surface area contributed by atoms with E-state index in [4.69, 9.17) is 9.47 Å². The van der Waals surface area contributed by atoms with Crippen LogP contribution in [0.25, 0.3) is 0 Å². The quantitative estimate of drug-likeness (QED) is 0.552. The number of ether oxygens (including phenoxy) is 2. The van der Waals surface area contributed by atoms with E-state index in [2.05, 4.69) is 30.5 Å². The lowest BCUT2D eigenvalue weighted by molar-refractivity contribution is 0.352. The first-order valence-electron chi connectivity index (χ1n) is 11.4. The smallest absolute Gasteiger partial charge is 0.322 e. The molecule has 3 heterocycles. The molecule has 1 saturated heterocycles. The van der Waals surface area contributed by atoms with E-state index in [1.165, 1.54) is 12.1 Å². The highest BCUT2D eigenvalue weighted by atomic mass is 19.2. The molecule has 3 atom stereocenters. The lowest BCUT2D eigenvalue weighted by atomic mass is 9.92. The summed E-state index contributed by atoms with van der Waals surface area (Å²) in [4.78, 5) is 6.79. The van der Waals surface area contributed by atoms with Crippen molar-refractivity contribution in [2.45, 2.75) is 38.8 Å².